The zero-order valence-corrected chi connectivity index (χ0v) is 27.5. The lowest BCUT2D eigenvalue weighted by Crippen LogP contribution is -2.30. The summed E-state index contributed by atoms with van der Waals surface area (Å²) < 4.78 is 0. The van der Waals surface area contributed by atoms with Crippen molar-refractivity contribution in [1.29, 1.82) is 0 Å². The summed E-state index contributed by atoms with van der Waals surface area (Å²) in [5, 5.41) is 0. The summed E-state index contributed by atoms with van der Waals surface area (Å²) in [7, 11) is 0. The van der Waals surface area contributed by atoms with Crippen molar-refractivity contribution in [2.75, 3.05) is 0 Å². The van der Waals surface area contributed by atoms with E-state index in [9.17, 15) is 0 Å². The number of hydrogen-bond donors (Lipinski definition) is 0. The number of unbranched alkanes of at least 4 members (excludes halogenated alkanes) is 2. The molecule has 0 heteroatoms. The van der Waals surface area contributed by atoms with E-state index in [0.29, 0.717) is 5.92 Å². The van der Waals surface area contributed by atoms with Crippen LogP contribution in [0.25, 0.3) is 0 Å². The van der Waals surface area contributed by atoms with Crippen molar-refractivity contribution in [1.82, 2.24) is 0 Å². The molecule has 0 aliphatic carbocycles. The van der Waals surface area contributed by atoms with Crippen molar-refractivity contribution in [3.63, 3.8) is 0 Å². The Kier molecular flexibility index (Phi) is 10.9. The summed E-state index contributed by atoms with van der Waals surface area (Å²) in [6, 6.07) is 37.6. The lowest BCUT2D eigenvalue weighted by Gasteiger charge is -2.38. The summed E-state index contributed by atoms with van der Waals surface area (Å²) in [4.78, 5) is 0. The molecule has 0 aliphatic heterocycles. The Morgan fingerprint density at radius 1 is 0.452 bits per heavy atom. The summed E-state index contributed by atoms with van der Waals surface area (Å²) in [6.07, 6.45) is 9.62. The van der Waals surface area contributed by atoms with Crippen LogP contribution in [-0.2, 0) is 10.8 Å². The molecular weight excluding hydrogens is 504 g/mol. The fraction of sp³-hybridized carbons (Fsp3) is 0.429. The second-order valence-corrected chi connectivity index (χ2v) is 13.3. The van der Waals surface area contributed by atoms with Gasteiger partial charge >= 0.3 is 0 Å². The van der Waals surface area contributed by atoms with Crippen LogP contribution in [0.4, 0.5) is 0 Å². The highest BCUT2D eigenvalue weighted by atomic mass is 14.4. The van der Waals surface area contributed by atoms with Crippen LogP contribution in [0.15, 0.2) is 97.1 Å². The van der Waals surface area contributed by atoms with Crippen LogP contribution in [0.1, 0.15) is 117 Å². The molecule has 0 spiro atoms. The molecule has 0 bridgehead atoms. The lowest BCUT2D eigenvalue weighted by molar-refractivity contribution is 0.335. The van der Waals surface area contributed by atoms with E-state index in [-0.39, 0.29) is 10.8 Å². The monoisotopic (exact) mass is 558 g/mol. The van der Waals surface area contributed by atoms with Crippen molar-refractivity contribution >= 4 is 0 Å². The zero-order valence-electron chi connectivity index (χ0n) is 27.5. The van der Waals surface area contributed by atoms with Crippen molar-refractivity contribution in [2.24, 2.45) is 5.92 Å². The molecule has 1 unspecified atom stereocenters. The van der Waals surface area contributed by atoms with Crippen molar-refractivity contribution in [3.05, 3.63) is 142 Å². The van der Waals surface area contributed by atoms with Crippen molar-refractivity contribution in [3.8, 4) is 0 Å². The first-order valence-electron chi connectivity index (χ1n) is 16.5. The summed E-state index contributed by atoms with van der Waals surface area (Å²) in [6.45, 7) is 16.0. The summed E-state index contributed by atoms with van der Waals surface area (Å²) >= 11 is 0. The Bertz CT molecular complexity index is 1260. The highest BCUT2D eigenvalue weighted by molar-refractivity contribution is 5.43. The Morgan fingerprint density at radius 2 is 0.762 bits per heavy atom. The quantitative estimate of drug-likeness (QED) is 0.135. The zero-order chi connectivity index (χ0) is 30.2. The van der Waals surface area contributed by atoms with E-state index in [2.05, 4.69) is 146 Å². The minimum atomic E-state index is 0.0482. The minimum absolute atomic E-state index is 0.0482. The van der Waals surface area contributed by atoms with Gasteiger partial charge in [0.15, 0.2) is 0 Å². The summed E-state index contributed by atoms with van der Waals surface area (Å²) in [5.74, 6) is 0.670. The average Bonchev–Trinajstić information content (AvgIpc) is 3.00. The van der Waals surface area contributed by atoms with Gasteiger partial charge in [0, 0.05) is 10.8 Å². The van der Waals surface area contributed by atoms with Gasteiger partial charge < -0.3 is 0 Å². The standard InChI is InChI=1S/C42H54/c1-8-32(3)31-42(39-25-17-35(6)18-26-39,40-27-19-36(7)20-28-40)30-12-10-11-29-41(9-2,37-21-13-33(4)14-22-37)38-23-15-34(5)16-24-38/h13-28,32H,8-12,29-31H2,1-7H3. The highest BCUT2D eigenvalue weighted by Gasteiger charge is 2.36. The molecule has 4 aromatic carbocycles. The van der Waals surface area contributed by atoms with Crippen molar-refractivity contribution < 1.29 is 0 Å². The fourth-order valence-electron chi connectivity index (χ4n) is 7.09. The number of rotatable bonds is 14. The maximum Gasteiger partial charge on any atom is 0.0205 e. The van der Waals surface area contributed by atoms with E-state index in [1.165, 1.54) is 89.5 Å². The van der Waals surface area contributed by atoms with Crippen LogP contribution in [-0.4, -0.2) is 0 Å². The molecule has 0 amide bonds. The topological polar surface area (TPSA) is 0 Å². The van der Waals surface area contributed by atoms with Crippen LogP contribution >= 0.6 is 0 Å². The molecule has 4 rings (SSSR count). The van der Waals surface area contributed by atoms with E-state index in [0.717, 1.165) is 6.42 Å². The normalized spacial score (nSPS) is 12.8. The Balaban J connectivity index is 1.60. The molecule has 42 heavy (non-hydrogen) atoms. The Labute approximate surface area is 257 Å². The molecule has 0 aromatic heterocycles. The van der Waals surface area contributed by atoms with Crippen LogP contribution in [0.2, 0.25) is 0 Å². The van der Waals surface area contributed by atoms with E-state index < -0.39 is 0 Å². The Hall–Kier alpha value is -3.12. The molecule has 0 heterocycles. The lowest BCUT2D eigenvalue weighted by atomic mass is 9.65. The van der Waals surface area contributed by atoms with Gasteiger partial charge in [-0.15, -0.1) is 0 Å². The Morgan fingerprint density at radius 3 is 1.07 bits per heavy atom. The maximum atomic E-state index is 2.44. The first kappa shape index (κ1) is 31.8. The largest absolute Gasteiger partial charge is 0.0651 e. The molecule has 0 radical (unpaired) electrons. The first-order valence-corrected chi connectivity index (χ1v) is 16.5. The smallest absolute Gasteiger partial charge is 0.0205 e. The maximum absolute atomic E-state index is 2.44. The van der Waals surface area contributed by atoms with Gasteiger partial charge in [-0.1, -0.05) is 166 Å². The van der Waals surface area contributed by atoms with Gasteiger partial charge in [0.25, 0.3) is 0 Å². The minimum Gasteiger partial charge on any atom is -0.0651 e. The van der Waals surface area contributed by atoms with Crippen LogP contribution in [0, 0.1) is 33.6 Å². The van der Waals surface area contributed by atoms with E-state index >= 15 is 0 Å². The molecular formula is C42H54. The predicted molar refractivity (Wildman–Crippen MR) is 184 cm³/mol. The van der Waals surface area contributed by atoms with Crippen molar-refractivity contribution in [2.45, 2.75) is 111 Å². The third-order valence-corrected chi connectivity index (χ3v) is 10.1. The molecule has 0 N–H and O–H groups in total. The summed E-state index contributed by atoms with van der Waals surface area (Å²) in [5.41, 5.74) is 11.3. The molecule has 0 saturated heterocycles. The van der Waals surface area contributed by atoms with Crippen LogP contribution < -0.4 is 0 Å². The molecule has 0 aliphatic rings. The van der Waals surface area contributed by atoms with Crippen LogP contribution in [0.5, 0.6) is 0 Å². The van der Waals surface area contributed by atoms with E-state index in [1.807, 2.05) is 0 Å². The number of benzene rings is 4. The second kappa shape index (κ2) is 14.4. The third kappa shape index (κ3) is 7.26. The predicted octanol–water partition coefficient (Wildman–Crippen LogP) is 12.0. The fourth-order valence-corrected chi connectivity index (χ4v) is 7.09. The average molecular weight is 559 g/mol. The first-order chi connectivity index (χ1) is 20.2. The van der Waals surface area contributed by atoms with Gasteiger partial charge in [0.2, 0.25) is 0 Å². The van der Waals surface area contributed by atoms with Gasteiger partial charge in [0.05, 0.1) is 0 Å². The second-order valence-electron chi connectivity index (χ2n) is 13.3. The molecule has 1 atom stereocenters. The number of aryl methyl sites for hydroxylation is 4. The van der Waals surface area contributed by atoms with Gasteiger partial charge in [-0.05, 0) is 81.5 Å². The molecule has 0 nitrogen and oxygen atoms in total. The van der Waals surface area contributed by atoms with Gasteiger partial charge in [-0.25, -0.2) is 0 Å². The number of hydrogen-bond acceptors (Lipinski definition) is 0. The van der Waals surface area contributed by atoms with Gasteiger partial charge in [-0.3, -0.25) is 0 Å². The van der Waals surface area contributed by atoms with E-state index in [1.54, 1.807) is 0 Å². The van der Waals surface area contributed by atoms with Crippen LogP contribution in [0.3, 0.4) is 0 Å². The van der Waals surface area contributed by atoms with Gasteiger partial charge in [-0.2, -0.15) is 0 Å². The molecule has 0 saturated carbocycles. The van der Waals surface area contributed by atoms with Gasteiger partial charge in [0.1, 0.15) is 0 Å². The molecule has 4 aromatic rings. The third-order valence-electron chi connectivity index (χ3n) is 10.1. The highest BCUT2D eigenvalue weighted by Crippen LogP contribution is 2.45. The van der Waals surface area contributed by atoms with E-state index in [4.69, 9.17) is 0 Å². The molecule has 0 fully saturated rings. The molecule has 222 valence electrons. The SMILES string of the molecule is CCC(C)CC(CCCCCC(CC)(c1ccc(C)cc1)c1ccc(C)cc1)(c1ccc(C)cc1)c1ccc(C)cc1.